The Kier molecular flexibility index (Phi) is 5.18. The van der Waals surface area contributed by atoms with Crippen molar-refractivity contribution in [3.63, 3.8) is 0 Å². The second-order valence-electron chi connectivity index (χ2n) is 8.43. The maximum Gasteiger partial charge on any atom is 0.410 e. The van der Waals surface area contributed by atoms with Crippen molar-refractivity contribution in [2.45, 2.75) is 65.9 Å². The molecule has 0 aromatic carbocycles. The van der Waals surface area contributed by atoms with Gasteiger partial charge in [-0.1, -0.05) is 13.8 Å². The maximum absolute atomic E-state index is 12.8. The molecule has 126 valence electrons. The van der Waals surface area contributed by atoms with Gasteiger partial charge in [-0.2, -0.15) is 0 Å². The molecular weight excluding hydrogens is 278 g/mol. The van der Waals surface area contributed by atoms with Crippen molar-refractivity contribution >= 4 is 11.9 Å². The van der Waals surface area contributed by atoms with Crippen molar-refractivity contribution in [3.05, 3.63) is 0 Å². The molecule has 1 amide bonds. The fourth-order valence-electron chi connectivity index (χ4n) is 4.00. The molecule has 2 fully saturated rings. The average molecular weight is 309 g/mol. The number of rotatable bonds is 2. The number of amides is 1. The van der Waals surface area contributed by atoms with Crippen molar-refractivity contribution in [1.82, 2.24) is 4.90 Å². The number of hydrogen-bond donors (Lipinski definition) is 0. The average Bonchev–Trinajstić information content (AvgIpc) is 2.84. The van der Waals surface area contributed by atoms with Gasteiger partial charge in [0.2, 0.25) is 0 Å². The van der Waals surface area contributed by atoms with Crippen molar-refractivity contribution in [2.24, 2.45) is 23.7 Å². The highest BCUT2D eigenvalue weighted by Gasteiger charge is 2.38. The van der Waals surface area contributed by atoms with Crippen molar-refractivity contribution < 1.29 is 14.3 Å². The van der Waals surface area contributed by atoms with Crippen LogP contribution in [0.4, 0.5) is 4.79 Å². The predicted molar refractivity (Wildman–Crippen MR) is 86.6 cm³/mol. The standard InChI is InChI=1S/C18H31NO3/c1-12-8-13(2)10-15(9-12)16(20)14-6-7-19(11-14)17(21)22-18(3,4)5/h12-15H,6-11H2,1-5H3. The molecule has 1 saturated carbocycles. The van der Waals surface area contributed by atoms with E-state index in [4.69, 9.17) is 4.74 Å². The quantitative estimate of drug-likeness (QED) is 0.777. The van der Waals surface area contributed by atoms with Crippen molar-refractivity contribution in [3.8, 4) is 0 Å². The molecule has 2 aliphatic rings. The van der Waals surface area contributed by atoms with Crippen molar-refractivity contribution in [1.29, 1.82) is 0 Å². The van der Waals surface area contributed by atoms with Crippen LogP contribution in [0.1, 0.15) is 60.3 Å². The highest BCUT2D eigenvalue weighted by atomic mass is 16.6. The molecule has 0 radical (unpaired) electrons. The molecule has 1 saturated heterocycles. The Morgan fingerprint density at radius 1 is 1.00 bits per heavy atom. The summed E-state index contributed by atoms with van der Waals surface area (Å²) in [6.45, 7) is 11.3. The molecule has 2 rings (SSSR count). The molecule has 22 heavy (non-hydrogen) atoms. The number of carbonyl (C=O) groups is 2. The molecule has 4 nitrogen and oxygen atoms in total. The highest BCUT2D eigenvalue weighted by molar-refractivity contribution is 5.85. The Hall–Kier alpha value is -1.06. The van der Waals surface area contributed by atoms with Crippen LogP contribution < -0.4 is 0 Å². The van der Waals surface area contributed by atoms with Gasteiger partial charge < -0.3 is 9.64 Å². The normalized spacial score (nSPS) is 32.9. The Labute approximate surface area is 134 Å². The van der Waals surface area contributed by atoms with E-state index < -0.39 is 5.60 Å². The minimum Gasteiger partial charge on any atom is -0.444 e. The van der Waals surface area contributed by atoms with Gasteiger partial charge in [-0.15, -0.1) is 0 Å². The zero-order chi connectivity index (χ0) is 16.5. The molecule has 0 aromatic rings. The van der Waals surface area contributed by atoms with Crippen LogP contribution in [-0.4, -0.2) is 35.5 Å². The van der Waals surface area contributed by atoms with Gasteiger partial charge in [-0.05, 0) is 58.3 Å². The summed E-state index contributed by atoms with van der Waals surface area (Å²) in [5, 5.41) is 0. The Balaban J connectivity index is 1.89. The van der Waals surface area contributed by atoms with E-state index in [9.17, 15) is 9.59 Å². The minimum absolute atomic E-state index is 0.00928. The lowest BCUT2D eigenvalue weighted by Crippen LogP contribution is -2.37. The van der Waals surface area contributed by atoms with E-state index in [0.717, 1.165) is 19.3 Å². The molecule has 1 aliphatic carbocycles. The SMILES string of the molecule is CC1CC(C)CC(C(=O)C2CCN(C(=O)OC(C)(C)C)C2)C1. The highest BCUT2D eigenvalue weighted by Crippen LogP contribution is 2.36. The number of Topliss-reactive ketones (excluding diaryl/α,β-unsaturated/α-hetero) is 1. The summed E-state index contributed by atoms with van der Waals surface area (Å²) in [7, 11) is 0. The lowest BCUT2D eigenvalue weighted by atomic mass is 9.73. The molecule has 1 aliphatic heterocycles. The largest absolute Gasteiger partial charge is 0.444 e. The van der Waals surface area contributed by atoms with Crippen molar-refractivity contribution in [2.75, 3.05) is 13.1 Å². The van der Waals surface area contributed by atoms with Crippen LogP contribution in [0.2, 0.25) is 0 Å². The molecule has 0 bridgehead atoms. The summed E-state index contributed by atoms with van der Waals surface area (Å²) in [5.74, 6) is 1.86. The first-order valence-electron chi connectivity index (χ1n) is 8.67. The van der Waals surface area contributed by atoms with Gasteiger partial charge in [0, 0.05) is 24.9 Å². The first-order valence-corrected chi connectivity index (χ1v) is 8.67. The topological polar surface area (TPSA) is 46.6 Å². The molecule has 1 heterocycles. The molecule has 3 atom stereocenters. The van der Waals surface area contributed by atoms with Gasteiger partial charge in [0.1, 0.15) is 11.4 Å². The smallest absolute Gasteiger partial charge is 0.410 e. The molecular formula is C18H31NO3. The number of ketones is 1. The van der Waals surface area contributed by atoms with E-state index in [2.05, 4.69) is 13.8 Å². The van der Waals surface area contributed by atoms with Crippen LogP contribution >= 0.6 is 0 Å². The second-order valence-corrected chi connectivity index (χ2v) is 8.43. The Bertz CT molecular complexity index is 417. The van der Waals surface area contributed by atoms with Crippen LogP contribution in [-0.2, 0) is 9.53 Å². The number of hydrogen-bond acceptors (Lipinski definition) is 3. The summed E-state index contributed by atoms with van der Waals surface area (Å²) >= 11 is 0. The van der Waals surface area contributed by atoms with E-state index in [0.29, 0.717) is 30.7 Å². The van der Waals surface area contributed by atoms with Gasteiger partial charge in [-0.3, -0.25) is 4.79 Å². The lowest BCUT2D eigenvalue weighted by Gasteiger charge is -2.32. The third kappa shape index (κ3) is 4.47. The molecule has 3 unspecified atom stereocenters. The van der Waals surface area contributed by atoms with Gasteiger partial charge in [0.05, 0.1) is 0 Å². The second kappa shape index (κ2) is 6.59. The lowest BCUT2D eigenvalue weighted by molar-refractivity contribution is -0.128. The first kappa shape index (κ1) is 17.3. The van der Waals surface area contributed by atoms with Crippen LogP contribution in [0.3, 0.4) is 0 Å². The van der Waals surface area contributed by atoms with Crippen LogP contribution in [0.15, 0.2) is 0 Å². The molecule has 0 spiro atoms. The van der Waals surface area contributed by atoms with Crippen LogP contribution in [0.5, 0.6) is 0 Å². The fraction of sp³-hybridized carbons (Fsp3) is 0.889. The molecule has 4 heteroatoms. The summed E-state index contributed by atoms with van der Waals surface area (Å²) in [6.07, 6.45) is 3.78. The zero-order valence-corrected chi connectivity index (χ0v) is 14.7. The van der Waals surface area contributed by atoms with Gasteiger partial charge >= 0.3 is 6.09 Å². The zero-order valence-electron chi connectivity index (χ0n) is 14.7. The predicted octanol–water partition coefficient (Wildman–Crippen LogP) is 3.88. The van der Waals surface area contributed by atoms with Gasteiger partial charge in [0.15, 0.2) is 0 Å². The van der Waals surface area contributed by atoms with E-state index in [1.807, 2.05) is 20.8 Å². The number of carbonyl (C=O) groups excluding carboxylic acids is 2. The van der Waals surface area contributed by atoms with Crippen LogP contribution in [0, 0.1) is 23.7 Å². The minimum atomic E-state index is -0.479. The number of ether oxygens (including phenoxy) is 1. The third-order valence-corrected chi connectivity index (χ3v) is 4.82. The van der Waals surface area contributed by atoms with Crippen LogP contribution in [0.25, 0.3) is 0 Å². The summed E-state index contributed by atoms with van der Waals surface area (Å²) < 4.78 is 5.40. The number of likely N-dealkylation sites (tertiary alicyclic amines) is 1. The Morgan fingerprint density at radius 3 is 2.14 bits per heavy atom. The third-order valence-electron chi connectivity index (χ3n) is 4.82. The van der Waals surface area contributed by atoms with E-state index in [-0.39, 0.29) is 17.9 Å². The summed E-state index contributed by atoms with van der Waals surface area (Å²) in [4.78, 5) is 26.6. The number of nitrogens with zero attached hydrogens (tertiary/aromatic N) is 1. The van der Waals surface area contributed by atoms with Gasteiger partial charge in [-0.25, -0.2) is 4.79 Å². The first-order chi connectivity index (χ1) is 10.2. The monoisotopic (exact) mass is 309 g/mol. The van der Waals surface area contributed by atoms with E-state index in [1.54, 1.807) is 4.90 Å². The summed E-state index contributed by atoms with van der Waals surface area (Å²) in [5.41, 5.74) is -0.479. The maximum atomic E-state index is 12.8. The Morgan fingerprint density at radius 2 is 1.59 bits per heavy atom. The van der Waals surface area contributed by atoms with Gasteiger partial charge in [0.25, 0.3) is 0 Å². The molecule has 0 aromatic heterocycles. The molecule has 0 N–H and O–H groups in total. The van der Waals surface area contributed by atoms with E-state index in [1.165, 1.54) is 6.42 Å². The fourth-order valence-corrected chi connectivity index (χ4v) is 4.00. The van der Waals surface area contributed by atoms with E-state index >= 15 is 0 Å². The summed E-state index contributed by atoms with van der Waals surface area (Å²) in [6, 6.07) is 0.